The summed E-state index contributed by atoms with van der Waals surface area (Å²) in [6.45, 7) is 1.96. The third-order valence-corrected chi connectivity index (χ3v) is 3.59. The number of nitriles is 1. The van der Waals surface area contributed by atoms with Crippen molar-refractivity contribution in [2.24, 2.45) is 0 Å². The molecule has 2 rings (SSSR count). The van der Waals surface area contributed by atoms with Crippen LogP contribution in [0.4, 0.5) is 0 Å². The number of hydrogen-bond donors (Lipinski definition) is 1. The summed E-state index contributed by atoms with van der Waals surface area (Å²) >= 11 is 0. The van der Waals surface area contributed by atoms with Crippen LogP contribution in [0.15, 0.2) is 48.5 Å². The first-order valence-corrected chi connectivity index (χ1v) is 7.48. The lowest BCUT2D eigenvalue weighted by Gasteiger charge is -2.17. The van der Waals surface area contributed by atoms with Gasteiger partial charge in [-0.3, -0.25) is 4.79 Å². The molecular formula is C19H18N2O3. The predicted octanol–water partition coefficient (Wildman–Crippen LogP) is 2.38. The molecule has 2 aromatic rings. The minimum atomic E-state index is -0.778. The zero-order chi connectivity index (χ0) is 17.5. The maximum atomic E-state index is 12.3. The molecule has 0 aliphatic rings. The molecule has 0 spiro atoms. The number of aryl methyl sites for hydroxylation is 1. The molecule has 2 aromatic carbocycles. The molecule has 0 heterocycles. The summed E-state index contributed by atoms with van der Waals surface area (Å²) < 4.78 is 4.79. The van der Waals surface area contributed by atoms with Gasteiger partial charge in [0.1, 0.15) is 6.04 Å². The molecule has 5 nitrogen and oxygen atoms in total. The molecule has 1 atom stereocenters. The van der Waals surface area contributed by atoms with Crippen LogP contribution in [0.3, 0.4) is 0 Å². The number of carbonyl (C=O) groups is 2. The van der Waals surface area contributed by atoms with E-state index >= 15 is 0 Å². The Kier molecular flexibility index (Phi) is 5.69. The van der Waals surface area contributed by atoms with Gasteiger partial charge in [-0.05, 0) is 36.8 Å². The molecule has 0 aliphatic carbocycles. The molecule has 1 amide bonds. The molecule has 0 saturated carbocycles. The van der Waals surface area contributed by atoms with Gasteiger partial charge in [0.25, 0.3) is 5.91 Å². The van der Waals surface area contributed by atoms with E-state index in [1.165, 1.54) is 7.11 Å². The van der Waals surface area contributed by atoms with Crippen molar-refractivity contribution in [1.82, 2.24) is 5.32 Å². The standard InChI is InChI=1S/C19H18N2O3/c1-13-4-3-5-15(10-13)11-17(19(23)24-2)21-18(22)16-8-6-14(12-20)7-9-16/h3-10,17H,11H2,1-2H3,(H,21,22)/t17-/m0/s1. The van der Waals surface area contributed by atoms with Crippen molar-refractivity contribution in [1.29, 1.82) is 5.26 Å². The number of rotatable bonds is 5. The maximum Gasteiger partial charge on any atom is 0.328 e. The third-order valence-electron chi connectivity index (χ3n) is 3.59. The number of carbonyl (C=O) groups excluding carboxylic acids is 2. The fourth-order valence-corrected chi connectivity index (χ4v) is 2.35. The molecule has 122 valence electrons. The molecule has 5 heteroatoms. The highest BCUT2D eigenvalue weighted by molar-refractivity contribution is 5.96. The first-order valence-electron chi connectivity index (χ1n) is 7.48. The highest BCUT2D eigenvalue weighted by Gasteiger charge is 2.22. The van der Waals surface area contributed by atoms with Crippen LogP contribution in [0.2, 0.25) is 0 Å². The monoisotopic (exact) mass is 322 g/mol. The topological polar surface area (TPSA) is 79.2 Å². The largest absolute Gasteiger partial charge is 0.467 e. The number of ether oxygens (including phenoxy) is 1. The Morgan fingerprint density at radius 2 is 1.92 bits per heavy atom. The average Bonchev–Trinajstić information content (AvgIpc) is 2.60. The second-order valence-electron chi connectivity index (χ2n) is 5.43. The molecule has 0 unspecified atom stereocenters. The van der Waals surface area contributed by atoms with E-state index in [9.17, 15) is 9.59 Å². The quantitative estimate of drug-likeness (QED) is 0.857. The number of hydrogen-bond acceptors (Lipinski definition) is 4. The van der Waals surface area contributed by atoms with Gasteiger partial charge < -0.3 is 10.1 Å². The summed E-state index contributed by atoms with van der Waals surface area (Å²) in [7, 11) is 1.29. The van der Waals surface area contributed by atoms with Gasteiger partial charge in [0.2, 0.25) is 0 Å². The number of methoxy groups -OCH3 is 1. The smallest absolute Gasteiger partial charge is 0.328 e. The van der Waals surface area contributed by atoms with Crippen molar-refractivity contribution in [3.63, 3.8) is 0 Å². The molecule has 24 heavy (non-hydrogen) atoms. The fraction of sp³-hybridized carbons (Fsp3) is 0.211. The molecular weight excluding hydrogens is 304 g/mol. The second-order valence-corrected chi connectivity index (χ2v) is 5.43. The SMILES string of the molecule is COC(=O)[C@H](Cc1cccc(C)c1)NC(=O)c1ccc(C#N)cc1. The number of benzene rings is 2. The van der Waals surface area contributed by atoms with Gasteiger partial charge in [-0.1, -0.05) is 29.8 Å². The Morgan fingerprint density at radius 3 is 2.50 bits per heavy atom. The Labute approximate surface area is 140 Å². The normalized spacial score (nSPS) is 11.2. The van der Waals surface area contributed by atoms with Gasteiger partial charge in [-0.2, -0.15) is 5.26 Å². The highest BCUT2D eigenvalue weighted by atomic mass is 16.5. The van der Waals surface area contributed by atoms with E-state index in [1.807, 2.05) is 37.3 Å². The summed E-state index contributed by atoms with van der Waals surface area (Å²) in [5.74, 6) is -0.888. The maximum absolute atomic E-state index is 12.3. The van der Waals surface area contributed by atoms with Crippen LogP contribution in [0.1, 0.15) is 27.0 Å². The van der Waals surface area contributed by atoms with Crippen LogP contribution in [0.5, 0.6) is 0 Å². The lowest BCUT2D eigenvalue weighted by molar-refractivity contribution is -0.142. The third kappa shape index (κ3) is 4.43. The second kappa shape index (κ2) is 7.93. The van der Waals surface area contributed by atoms with E-state index in [2.05, 4.69) is 5.32 Å². The van der Waals surface area contributed by atoms with Crippen molar-refractivity contribution in [2.75, 3.05) is 7.11 Å². The Hall–Kier alpha value is -3.13. The van der Waals surface area contributed by atoms with Crippen molar-refractivity contribution >= 4 is 11.9 Å². The first kappa shape index (κ1) is 17.2. The van der Waals surface area contributed by atoms with Crippen molar-refractivity contribution < 1.29 is 14.3 Å². The summed E-state index contributed by atoms with van der Waals surface area (Å²) in [5.41, 5.74) is 2.86. The van der Waals surface area contributed by atoms with Gasteiger partial charge in [0.05, 0.1) is 18.7 Å². The molecule has 1 N–H and O–H groups in total. The van der Waals surface area contributed by atoms with Crippen LogP contribution in [-0.4, -0.2) is 25.0 Å². The van der Waals surface area contributed by atoms with Crippen molar-refractivity contribution in [2.45, 2.75) is 19.4 Å². The van der Waals surface area contributed by atoms with Crippen LogP contribution >= 0.6 is 0 Å². The van der Waals surface area contributed by atoms with E-state index in [0.717, 1.165) is 11.1 Å². The van der Waals surface area contributed by atoms with Gasteiger partial charge >= 0.3 is 5.97 Å². The predicted molar refractivity (Wildman–Crippen MR) is 89.3 cm³/mol. The lowest BCUT2D eigenvalue weighted by Crippen LogP contribution is -2.43. The lowest BCUT2D eigenvalue weighted by atomic mass is 10.0. The van der Waals surface area contributed by atoms with E-state index in [0.29, 0.717) is 17.5 Å². The Morgan fingerprint density at radius 1 is 1.21 bits per heavy atom. The van der Waals surface area contributed by atoms with Gasteiger partial charge in [-0.15, -0.1) is 0 Å². The average molecular weight is 322 g/mol. The zero-order valence-electron chi connectivity index (χ0n) is 13.6. The van der Waals surface area contributed by atoms with Crippen LogP contribution in [-0.2, 0) is 16.0 Å². The summed E-state index contributed by atoms with van der Waals surface area (Å²) in [4.78, 5) is 24.3. The minimum absolute atomic E-state index is 0.344. The van der Waals surface area contributed by atoms with E-state index in [-0.39, 0.29) is 5.91 Å². The van der Waals surface area contributed by atoms with Crippen molar-refractivity contribution in [3.05, 3.63) is 70.8 Å². The molecule has 0 radical (unpaired) electrons. The molecule has 0 saturated heterocycles. The zero-order valence-corrected chi connectivity index (χ0v) is 13.6. The van der Waals surface area contributed by atoms with Gasteiger partial charge in [0.15, 0.2) is 0 Å². The number of esters is 1. The Balaban J connectivity index is 2.14. The number of amides is 1. The van der Waals surface area contributed by atoms with Crippen LogP contribution in [0.25, 0.3) is 0 Å². The number of nitrogens with one attached hydrogen (secondary N) is 1. The molecule has 0 aliphatic heterocycles. The van der Waals surface area contributed by atoms with E-state index < -0.39 is 12.0 Å². The number of nitrogens with zero attached hydrogens (tertiary/aromatic N) is 1. The summed E-state index contributed by atoms with van der Waals surface area (Å²) in [5, 5.41) is 11.5. The van der Waals surface area contributed by atoms with Crippen LogP contribution < -0.4 is 5.32 Å². The Bertz CT molecular complexity index is 776. The molecule has 0 aromatic heterocycles. The highest BCUT2D eigenvalue weighted by Crippen LogP contribution is 2.09. The minimum Gasteiger partial charge on any atom is -0.467 e. The van der Waals surface area contributed by atoms with E-state index in [4.69, 9.17) is 10.00 Å². The molecule has 0 fully saturated rings. The fourth-order valence-electron chi connectivity index (χ4n) is 2.35. The summed E-state index contributed by atoms with van der Waals surface area (Å²) in [6, 6.07) is 15.2. The van der Waals surface area contributed by atoms with E-state index in [1.54, 1.807) is 24.3 Å². The van der Waals surface area contributed by atoms with Crippen molar-refractivity contribution in [3.8, 4) is 6.07 Å². The van der Waals surface area contributed by atoms with Crippen LogP contribution in [0, 0.1) is 18.3 Å². The molecule has 0 bridgehead atoms. The van der Waals surface area contributed by atoms with Gasteiger partial charge in [-0.25, -0.2) is 4.79 Å². The summed E-state index contributed by atoms with van der Waals surface area (Å²) in [6.07, 6.45) is 0.344. The van der Waals surface area contributed by atoms with Gasteiger partial charge in [0, 0.05) is 12.0 Å². The first-order chi connectivity index (χ1) is 11.5.